The van der Waals surface area contributed by atoms with Crippen molar-refractivity contribution in [2.45, 2.75) is 31.7 Å². The number of para-hydroxylation sites is 1. The minimum absolute atomic E-state index is 0.0512. The Labute approximate surface area is 202 Å². The number of carbonyl (C=O) groups is 2. The quantitative estimate of drug-likeness (QED) is 0.568. The molecule has 2 aromatic carbocycles. The average Bonchev–Trinajstić information content (AvgIpc) is 3.16. The van der Waals surface area contributed by atoms with Crippen LogP contribution in [0, 0.1) is 0 Å². The summed E-state index contributed by atoms with van der Waals surface area (Å²) in [5.41, 5.74) is 4.81. The van der Waals surface area contributed by atoms with Crippen molar-refractivity contribution < 1.29 is 19.1 Å². The second-order valence-electron chi connectivity index (χ2n) is 8.61. The molecule has 1 aromatic heterocycles. The fourth-order valence-electron chi connectivity index (χ4n) is 4.89. The van der Waals surface area contributed by atoms with Crippen molar-refractivity contribution in [3.63, 3.8) is 0 Å². The molecule has 0 fully saturated rings. The van der Waals surface area contributed by atoms with Gasteiger partial charge in [-0.25, -0.2) is 0 Å². The first-order chi connectivity index (χ1) is 16.5. The van der Waals surface area contributed by atoms with Crippen LogP contribution in [0.5, 0.6) is 11.5 Å². The molecule has 0 spiro atoms. The van der Waals surface area contributed by atoms with Crippen molar-refractivity contribution in [2.24, 2.45) is 0 Å². The van der Waals surface area contributed by atoms with E-state index in [4.69, 9.17) is 21.1 Å². The summed E-state index contributed by atoms with van der Waals surface area (Å²) in [6.07, 6.45) is 6.41. The average molecular weight is 480 g/mol. The summed E-state index contributed by atoms with van der Waals surface area (Å²) >= 11 is 6.38. The van der Waals surface area contributed by atoms with E-state index >= 15 is 0 Å². The largest absolute Gasteiger partial charge is 0.493 e. The third kappa shape index (κ3) is 4.01. The van der Waals surface area contributed by atoms with Crippen LogP contribution in [0.2, 0.25) is 5.02 Å². The number of nitrogens with zero attached hydrogens (tertiary/aromatic N) is 1. The Kier molecular flexibility index (Phi) is 5.96. The van der Waals surface area contributed by atoms with Gasteiger partial charge in [-0.05, 0) is 60.2 Å². The smallest absolute Gasteiger partial charge is 0.240 e. The van der Waals surface area contributed by atoms with Crippen molar-refractivity contribution in [3.8, 4) is 11.5 Å². The van der Waals surface area contributed by atoms with Crippen molar-refractivity contribution in [1.29, 1.82) is 0 Å². The number of aryl methyl sites for hydroxylation is 1. The van der Waals surface area contributed by atoms with E-state index in [0.717, 1.165) is 47.0 Å². The van der Waals surface area contributed by atoms with E-state index in [0.29, 0.717) is 16.5 Å². The Morgan fingerprint density at radius 1 is 1.24 bits per heavy atom. The van der Waals surface area contributed by atoms with Gasteiger partial charge in [0.15, 0.2) is 11.5 Å². The number of methoxy groups -OCH3 is 2. The van der Waals surface area contributed by atoms with Gasteiger partial charge in [-0.3, -0.25) is 9.59 Å². The molecule has 5 rings (SSSR count). The second-order valence-corrected chi connectivity index (χ2v) is 9.02. The highest BCUT2D eigenvalue weighted by atomic mass is 35.5. The number of hydrogen-bond donors (Lipinski definition) is 2. The van der Waals surface area contributed by atoms with Crippen LogP contribution < -0.4 is 14.8 Å². The molecule has 2 N–H and O–H groups in total. The third-order valence-corrected chi connectivity index (χ3v) is 6.90. The fraction of sp³-hybridized carbons (Fsp3) is 0.308. The van der Waals surface area contributed by atoms with E-state index in [1.807, 2.05) is 30.3 Å². The van der Waals surface area contributed by atoms with E-state index in [9.17, 15) is 9.59 Å². The summed E-state index contributed by atoms with van der Waals surface area (Å²) < 4.78 is 10.7. The summed E-state index contributed by atoms with van der Waals surface area (Å²) in [6.45, 7) is -0.0512. The zero-order chi connectivity index (χ0) is 23.8. The molecule has 1 aliphatic heterocycles. The van der Waals surface area contributed by atoms with Crippen LogP contribution in [0.25, 0.3) is 17.0 Å². The van der Waals surface area contributed by atoms with Crippen molar-refractivity contribution in [1.82, 2.24) is 15.2 Å². The van der Waals surface area contributed by atoms with Crippen LogP contribution in [0.3, 0.4) is 0 Å². The molecule has 34 heavy (non-hydrogen) atoms. The predicted molar refractivity (Wildman–Crippen MR) is 131 cm³/mol. The minimum Gasteiger partial charge on any atom is -0.493 e. The zero-order valence-electron chi connectivity index (χ0n) is 19.1. The number of hydrogen-bond acceptors (Lipinski definition) is 4. The van der Waals surface area contributed by atoms with Gasteiger partial charge >= 0.3 is 0 Å². The molecular weight excluding hydrogens is 454 g/mol. The van der Waals surface area contributed by atoms with Crippen molar-refractivity contribution in [3.05, 3.63) is 63.9 Å². The van der Waals surface area contributed by atoms with Gasteiger partial charge in [-0.2, -0.15) is 0 Å². The highest BCUT2D eigenvalue weighted by molar-refractivity contribution is 6.35. The topological polar surface area (TPSA) is 83.7 Å². The maximum atomic E-state index is 13.0. The summed E-state index contributed by atoms with van der Waals surface area (Å²) in [4.78, 5) is 30.8. The number of nitrogens with one attached hydrogen (secondary N) is 2. The highest BCUT2D eigenvalue weighted by Gasteiger charge is 2.27. The first-order valence-electron chi connectivity index (χ1n) is 11.3. The van der Waals surface area contributed by atoms with Gasteiger partial charge in [-0.15, -0.1) is 0 Å². The maximum absolute atomic E-state index is 13.0. The number of halogens is 1. The Balaban J connectivity index is 1.32. The molecule has 0 radical (unpaired) electrons. The first kappa shape index (κ1) is 22.3. The predicted octanol–water partition coefficient (Wildman–Crippen LogP) is 4.39. The molecule has 0 bridgehead atoms. The summed E-state index contributed by atoms with van der Waals surface area (Å²) in [5, 5.41) is 4.90. The number of rotatable bonds is 5. The summed E-state index contributed by atoms with van der Waals surface area (Å²) in [5.74, 6) is 0.803. The van der Waals surface area contributed by atoms with Crippen LogP contribution in [0.15, 0.2) is 36.5 Å². The molecule has 176 valence electrons. The zero-order valence-corrected chi connectivity index (χ0v) is 19.9. The molecule has 2 heterocycles. The van der Waals surface area contributed by atoms with Crippen LogP contribution in [-0.2, 0) is 22.4 Å². The standard InChI is InChI=1S/C26H26ClN3O4/c1-33-21-11-15-9-10-30(24(32)13-16(15)12-22(21)34-2)14-23(31)28-20-8-4-6-18-17-5-3-7-19(27)25(17)29-26(18)20/h3,5,7,9-12,20,29H,4,6,8,13-14H2,1-2H3,(H,28,31). The molecule has 2 aliphatic rings. The number of aromatic nitrogens is 1. The third-order valence-electron chi connectivity index (χ3n) is 6.58. The van der Waals surface area contributed by atoms with Gasteiger partial charge in [0.05, 0.1) is 37.2 Å². The van der Waals surface area contributed by atoms with Gasteiger partial charge in [-0.1, -0.05) is 23.7 Å². The first-order valence-corrected chi connectivity index (χ1v) is 11.7. The fourth-order valence-corrected chi connectivity index (χ4v) is 5.12. The molecule has 1 aliphatic carbocycles. The lowest BCUT2D eigenvalue weighted by atomic mass is 9.91. The highest BCUT2D eigenvalue weighted by Crippen LogP contribution is 2.37. The van der Waals surface area contributed by atoms with Gasteiger partial charge in [0.2, 0.25) is 11.8 Å². The summed E-state index contributed by atoms with van der Waals surface area (Å²) in [7, 11) is 3.14. The SMILES string of the molecule is COc1cc2c(cc1OC)CC(=O)N(CC(=O)NC1CCCc3c1[nH]c1c(Cl)cccc31)C=C2. The van der Waals surface area contributed by atoms with Gasteiger partial charge in [0.1, 0.15) is 6.54 Å². The Morgan fingerprint density at radius 2 is 2.03 bits per heavy atom. The molecule has 7 nitrogen and oxygen atoms in total. The normalized spacial score (nSPS) is 17.2. The molecule has 0 saturated heterocycles. The van der Waals surface area contributed by atoms with Gasteiger partial charge in [0.25, 0.3) is 0 Å². The van der Waals surface area contributed by atoms with Gasteiger partial charge < -0.3 is 24.7 Å². The number of ether oxygens (including phenoxy) is 2. The summed E-state index contributed by atoms with van der Waals surface area (Å²) in [6, 6.07) is 9.37. The lowest BCUT2D eigenvalue weighted by Crippen LogP contribution is -2.40. The van der Waals surface area contributed by atoms with E-state index in [1.165, 1.54) is 10.5 Å². The number of H-pyrrole nitrogens is 1. The van der Waals surface area contributed by atoms with E-state index in [2.05, 4.69) is 16.4 Å². The number of aromatic amines is 1. The minimum atomic E-state index is -0.207. The molecule has 2 amide bonds. The molecule has 1 unspecified atom stereocenters. The van der Waals surface area contributed by atoms with Crippen molar-refractivity contribution >= 4 is 40.4 Å². The van der Waals surface area contributed by atoms with Crippen LogP contribution >= 0.6 is 11.6 Å². The number of benzene rings is 2. The maximum Gasteiger partial charge on any atom is 0.240 e. The molecule has 3 aromatic rings. The van der Waals surface area contributed by atoms with E-state index < -0.39 is 0 Å². The number of carbonyl (C=O) groups excluding carboxylic acids is 2. The molecule has 8 heteroatoms. The van der Waals surface area contributed by atoms with E-state index in [1.54, 1.807) is 20.4 Å². The van der Waals surface area contributed by atoms with Gasteiger partial charge in [0, 0.05) is 17.3 Å². The lowest BCUT2D eigenvalue weighted by molar-refractivity contribution is -0.133. The lowest BCUT2D eigenvalue weighted by Gasteiger charge is -2.25. The molecule has 1 atom stereocenters. The van der Waals surface area contributed by atoms with Crippen LogP contribution in [0.4, 0.5) is 0 Å². The molecular formula is C26H26ClN3O4. The van der Waals surface area contributed by atoms with Crippen LogP contribution in [-0.4, -0.2) is 42.5 Å². The van der Waals surface area contributed by atoms with Crippen LogP contribution in [0.1, 0.15) is 41.3 Å². The monoisotopic (exact) mass is 479 g/mol. The molecule has 0 saturated carbocycles. The van der Waals surface area contributed by atoms with Crippen molar-refractivity contribution in [2.75, 3.05) is 20.8 Å². The Hall–Kier alpha value is -3.45. The number of amides is 2. The van der Waals surface area contributed by atoms with E-state index in [-0.39, 0.29) is 30.8 Å². The Morgan fingerprint density at radius 3 is 2.82 bits per heavy atom. The second kappa shape index (κ2) is 9.06. The Bertz CT molecular complexity index is 1310. The number of fused-ring (bicyclic) bond motifs is 4.